The maximum atomic E-state index is 3.06. The monoisotopic (exact) mass is 1730 g/mol. The second kappa shape index (κ2) is 27.9. The normalized spacial score (nSPS) is 15.1. The Balaban J connectivity index is 0.859. The minimum absolute atomic E-state index is 0.275. The first-order chi connectivity index (χ1) is 66.9. The van der Waals surface area contributed by atoms with Crippen LogP contribution in [0.3, 0.4) is 0 Å². The molecule has 0 unspecified atom stereocenters. The number of hydrogen-bond donors (Lipinski definition) is 0. The van der Waals surface area contributed by atoms with Crippen molar-refractivity contribution in [3.63, 3.8) is 0 Å². The van der Waals surface area contributed by atoms with Crippen molar-refractivity contribution >= 4 is 259 Å². The highest BCUT2D eigenvalue weighted by molar-refractivity contribution is 6.64. The fourth-order valence-corrected chi connectivity index (χ4v) is 32.9. The summed E-state index contributed by atoms with van der Waals surface area (Å²) in [6.45, 7) is 14.8. The molecule has 0 amide bonds. The Hall–Kier alpha value is -12.5. The summed E-state index contributed by atoms with van der Waals surface area (Å²) in [4.78, 5) is 0. The summed E-state index contributed by atoms with van der Waals surface area (Å²) in [5.41, 5.74) is 19.1. The van der Waals surface area contributed by atoms with Crippen molar-refractivity contribution in [2.24, 2.45) is 0 Å². The molecule has 135 heavy (non-hydrogen) atoms. The van der Waals surface area contributed by atoms with Gasteiger partial charge in [0.2, 0.25) is 0 Å². The summed E-state index contributed by atoms with van der Waals surface area (Å²) in [5.74, 6) is 0. The fraction of sp³-hybridized carbons (Fsp3) is 0.289. The third-order valence-electron chi connectivity index (χ3n) is 37.6. The molecule has 3 aliphatic carbocycles. The molecular formula is C135H114. The van der Waals surface area contributed by atoms with Crippen LogP contribution in [0.1, 0.15) is 268 Å². The molecule has 0 heteroatoms. The van der Waals surface area contributed by atoms with Crippen LogP contribution in [0.5, 0.6) is 0 Å². The van der Waals surface area contributed by atoms with Gasteiger partial charge in [-0.25, -0.2) is 0 Å². The highest BCUT2D eigenvalue weighted by Crippen LogP contribution is 2.76. The summed E-state index contributed by atoms with van der Waals surface area (Å²) in [5, 5.41) is 70.2. The van der Waals surface area contributed by atoms with Gasteiger partial charge in [0.15, 0.2) is 0 Å². The first-order valence-electron chi connectivity index (χ1n) is 53.5. The zero-order chi connectivity index (χ0) is 88.8. The zero-order valence-corrected chi connectivity index (χ0v) is 79.5. The van der Waals surface area contributed by atoms with Crippen LogP contribution in [-0.2, 0) is 16.2 Å². The molecule has 654 valence electrons. The van der Waals surface area contributed by atoms with Crippen LogP contribution < -0.4 is 0 Å². The molecule has 0 bridgehead atoms. The second-order valence-electron chi connectivity index (χ2n) is 43.9. The van der Waals surface area contributed by atoms with Gasteiger partial charge in [0.1, 0.15) is 0 Å². The number of hydrogen-bond acceptors (Lipinski definition) is 0. The average Bonchev–Trinajstić information content (AvgIpc) is 1.62. The van der Waals surface area contributed by atoms with E-state index < -0.39 is 10.8 Å². The quantitative estimate of drug-likeness (QED) is 0.0239. The van der Waals surface area contributed by atoms with E-state index in [1.54, 1.807) is 88.3 Å². The Kier molecular flexibility index (Phi) is 16.1. The Morgan fingerprint density at radius 3 is 0.578 bits per heavy atom. The van der Waals surface area contributed by atoms with E-state index in [1.165, 1.54) is 391 Å². The predicted molar refractivity (Wildman–Crippen MR) is 592 cm³/mol. The lowest BCUT2D eigenvalue weighted by molar-refractivity contribution is 0.391. The average molecular weight is 1740 g/mol. The predicted octanol–water partition coefficient (Wildman–Crippen LogP) is 41.2. The molecule has 0 atom stereocenters. The zero-order valence-electron chi connectivity index (χ0n) is 79.5. The molecule has 0 fully saturated rings. The summed E-state index contributed by atoms with van der Waals surface area (Å²) in [7, 11) is 0. The van der Waals surface area contributed by atoms with Gasteiger partial charge in [-0.3, -0.25) is 0 Å². The van der Waals surface area contributed by atoms with Crippen LogP contribution >= 0.6 is 0 Å². The summed E-state index contributed by atoms with van der Waals surface area (Å²) < 4.78 is 0. The van der Waals surface area contributed by atoms with Crippen molar-refractivity contribution in [1.29, 1.82) is 0 Å². The van der Waals surface area contributed by atoms with E-state index in [-0.39, 0.29) is 5.41 Å². The van der Waals surface area contributed by atoms with E-state index in [9.17, 15) is 0 Å². The maximum Gasteiger partial charge on any atom is 0.0228 e. The maximum absolute atomic E-state index is 3.06. The van der Waals surface area contributed by atoms with E-state index in [0.29, 0.717) is 0 Å². The number of rotatable bonds is 30. The fourth-order valence-electron chi connectivity index (χ4n) is 32.9. The van der Waals surface area contributed by atoms with Gasteiger partial charge < -0.3 is 0 Å². The van der Waals surface area contributed by atoms with Gasteiger partial charge >= 0.3 is 0 Å². The van der Waals surface area contributed by atoms with Crippen LogP contribution in [0.15, 0.2) is 218 Å². The van der Waals surface area contributed by atoms with Crippen molar-refractivity contribution in [3.05, 3.63) is 252 Å². The molecule has 0 N–H and O–H groups in total. The Labute approximate surface area is 788 Å². The van der Waals surface area contributed by atoms with Gasteiger partial charge in [0.05, 0.1) is 0 Å². The van der Waals surface area contributed by atoms with Gasteiger partial charge in [-0.15, -0.1) is 0 Å². The van der Waals surface area contributed by atoms with Crippen LogP contribution in [-0.4, -0.2) is 0 Å². The van der Waals surface area contributed by atoms with E-state index in [4.69, 9.17) is 0 Å². The molecule has 0 nitrogen and oxygen atoms in total. The van der Waals surface area contributed by atoms with Gasteiger partial charge in [-0.1, -0.05) is 402 Å². The van der Waals surface area contributed by atoms with E-state index in [1.807, 2.05) is 0 Å². The molecule has 0 spiro atoms. The molecule has 31 rings (SSSR count). The molecule has 28 aromatic carbocycles. The topological polar surface area (TPSA) is 0 Å². The van der Waals surface area contributed by atoms with E-state index in [0.717, 1.165) is 38.5 Å². The third kappa shape index (κ3) is 9.11. The van der Waals surface area contributed by atoms with E-state index in [2.05, 4.69) is 260 Å². The molecule has 0 saturated carbocycles. The lowest BCUT2D eigenvalue weighted by Gasteiger charge is -2.40. The van der Waals surface area contributed by atoms with Crippen LogP contribution in [0.2, 0.25) is 0 Å². The second-order valence-corrected chi connectivity index (χ2v) is 43.9. The lowest BCUT2D eigenvalue weighted by Crippen LogP contribution is -2.31. The lowest BCUT2D eigenvalue weighted by atomic mass is 9.62. The molecule has 0 saturated heterocycles. The number of benzene rings is 28. The van der Waals surface area contributed by atoms with Gasteiger partial charge in [-0.05, 0) is 376 Å². The first-order valence-corrected chi connectivity index (χ1v) is 53.5. The van der Waals surface area contributed by atoms with Crippen molar-refractivity contribution in [3.8, 4) is 33.4 Å². The molecule has 3 aliphatic rings. The largest absolute Gasteiger partial charge is 0.0654 e. The highest BCUT2D eigenvalue weighted by atomic mass is 14.6. The van der Waals surface area contributed by atoms with Crippen molar-refractivity contribution in [2.75, 3.05) is 0 Å². The highest BCUT2D eigenvalue weighted by Gasteiger charge is 2.60. The van der Waals surface area contributed by atoms with Crippen molar-refractivity contribution in [2.45, 2.75) is 250 Å². The van der Waals surface area contributed by atoms with Gasteiger partial charge in [-0.2, -0.15) is 0 Å². The van der Waals surface area contributed by atoms with Crippen LogP contribution in [0.25, 0.3) is 292 Å². The van der Waals surface area contributed by atoms with Crippen LogP contribution in [0.4, 0.5) is 0 Å². The minimum Gasteiger partial charge on any atom is -0.0654 e. The third-order valence-corrected chi connectivity index (χ3v) is 37.6. The first kappa shape index (κ1) is 77.8. The summed E-state index contributed by atoms with van der Waals surface area (Å²) in [6, 6.07) is 92.4. The summed E-state index contributed by atoms with van der Waals surface area (Å²) >= 11 is 0. The molecule has 0 aromatic heterocycles. The standard InChI is InChI=1S/C135H114/c1-7-13-19-27-65-133(66-28-20-14-8-2)98-64-26-25-43-91(98)113-130(133)114-96-71-94-89-60-39-56-83-81-52-35-48-77-73-44-33-46-75-79-50-37-54-85-87-58-41-62-92-107(87)124-120(103(79)85)116(99(73)75)118(101(77)81)122(105(83)89)126(124)109(94)111(92)128(96)135(69-31-23-17-11-5,70-32-24-18-12-6)132(114)115-97-72-95-90-61-40-57-84-82-53-36-49-78-74-45-34-47-76-80-51-38-55-86-88-59-42-63-93-108(88)125-121(104(80)86)117(100(74)76)119(102(78)82)123(106(84)90)127(125)110(95)112(93)129(97)134(131(113)115,67-29-21-15-9-3)68-30-22-16-10-4/h25-26,33-64,71-72H,7-24,27-32,65-70H2,1-6H3. The van der Waals surface area contributed by atoms with Crippen molar-refractivity contribution < 1.29 is 0 Å². The molecular weight excluding hydrogens is 1620 g/mol. The van der Waals surface area contributed by atoms with Gasteiger partial charge in [0, 0.05) is 16.2 Å². The van der Waals surface area contributed by atoms with Crippen molar-refractivity contribution in [1.82, 2.24) is 0 Å². The molecule has 0 heterocycles. The Morgan fingerprint density at radius 1 is 0.141 bits per heavy atom. The summed E-state index contributed by atoms with van der Waals surface area (Å²) in [6.07, 6.45) is 36.1. The molecule has 0 aliphatic heterocycles. The molecule has 28 aromatic rings. The Bertz CT molecular complexity index is 9590. The van der Waals surface area contributed by atoms with Gasteiger partial charge in [0.25, 0.3) is 0 Å². The van der Waals surface area contributed by atoms with Crippen LogP contribution in [0, 0.1) is 0 Å². The van der Waals surface area contributed by atoms with E-state index >= 15 is 0 Å². The minimum atomic E-state index is -0.432. The Morgan fingerprint density at radius 2 is 0.333 bits per heavy atom. The number of fused-ring (bicyclic) bond motifs is 26. The number of unbranched alkanes of at least 4 members (excludes halogenated alkanes) is 18. The molecule has 0 radical (unpaired) electrons. The smallest absolute Gasteiger partial charge is 0.0228 e. The SMILES string of the molecule is CCCCCCC1(CCCCCC)c2ccccc2-c2c1c1c(c3c2C(CCCCCC)(CCCCCC)c2c-3cc3c4cccc5c6cccc7c8cccc9c%10cccc%11c%12cccc%13c2c3c2c(c54)c(c76)c(c89)c(c%10%11)c2c%12%13)C(CCCCCC)(CCCCCC)c2c-1cc1c3cccc4c5cccc6c7cccc8c9cccc%10c%11cccc%12c2c1c1c(c43)c(c65)c(c78)c(c9%10)c1c%11%12.